The molecule has 6 nitrogen and oxygen atoms in total. The molecule has 0 atom stereocenters. The molecule has 3 rings (SSSR count). The summed E-state index contributed by atoms with van der Waals surface area (Å²) in [6.45, 7) is 4.73. The fourth-order valence-electron chi connectivity index (χ4n) is 3.04. The van der Waals surface area contributed by atoms with Crippen LogP contribution in [0.4, 0.5) is 5.82 Å². The Balaban J connectivity index is 1.58. The SMILES string of the molecule is CN=C(NCc1ccnc(N2CCOCC2)c1)N(C)Cc1ccc(Cl)cc1. The van der Waals surface area contributed by atoms with E-state index in [-0.39, 0.29) is 0 Å². The Bertz CT molecular complexity index is 759. The van der Waals surface area contributed by atoms with Gasteiger partial charge in [0.1, 0.15) is 5.82 Å². The molecule has 1 N–H and O–H groups in total. The van der Waals surface area contributed by atoms with Gasteiger partial charge in [-0.1, -0.05) is 23.7 Å². The van der Waals surface area contributed by atoms with E-state index in [1.54, 1.807) is 7.05 Å². The van der Waals surface area contributed by atoms with Gasteiger partial charge in [0.15, 0.2) is 5.96 Å². The molecular formula is C20H26ClN5O. The second-order valence-corrected chi connectivity index (χ2v) is 6.94. The molecule has 0 amide bonds. The smallest absolute Gasteiger partial charge is 0.193 e. The van der Waals surface area contributed by atoms with Crippen LogP contribution in [0.3, 0.4) is 0 Å². The maximum atomic E-state index is 5.96. The number of pyridine rings is 1. The van der Waals surface area contributed by atoms with E-state index >= 15 is 0 Å². The maximum Gasteiger partial charge on any atom is 0.193 e. The van der Waals surface area contributed by atoms with E-state index in [2.05, 4.69) is 31.2 Å². The lowest BCUT2D eigenvalue weighted by atomic mass is 10.2. The first kappa shape index (κ1) is 19.5. The summed E-state index contributed by atoms with van der Waals surface area (Å²) < 4.78 is 5.42. The van der Waals surface area contributed by atoms with Crippen LogP contribution in [0.15, 0.2) is 47.6 Å². The molecule has 0 bridgehead atoms. The molecule has 2 heterocycles. The zero-order valence-electron chi connectivity index (χ0n) is 15.9. The van der Waals surface area contributed by atoms with Crippen LogP contribution < -0.4 is 10.2 Å². The van der Waals surface area contributed by atoms with Gasteiger partial charge in [-0.05, 0) is 35.4 Å². The van der Waals surface area contributed by atoms with Gasteiger partial charge in [-0.15, -0.1) is 0 Å². The zero-order chi connectivity index (χ0) is 19.1. The van der Waals surface area contributed by atoms with E-state index in [0.29, 0.717) is 6.54 Å². The molecule has 0 radical (unpaired) electrons. The van der Waals surface area contributed by atoms with Crippen LogP contribution in [0, 0.1) is 0 Å². The number of nitrogens with zero attached hydrogens (tertiary/aromatic N) is 4. The number of ether oxygens (including phenoxy) is 1. The fourth-order valence-corrected chi connectivity index (χ4v) is 3.17. The molecule has 7 heteroatoms. The summed E-state index contributed by atoms with van der Waals surface area (Å²) in [5, 5.41) is 4.17. The number of aromatic nitrogens is 1. The second-order valence-electron chi connectivity index (χ2n) is 6.51. The number of anilines is 1. The molecular weight excluding hydrogens is 362 g/mol. The van der Waals surface area contributed by atoms with Crippen molar-refractivity contribution in [3.8, 4) is 0 Å². The van der Waals surface area contributed by atoms with Crippen molar-refractivity contribution in [2.75, 3.05) is 45.3 Å². The Hall–Kier alpha value is -2.31. The van der Waals surface area contributed by atoms with Crippen LogP contribution in [0.1, 0.15) is 11.1 Å². The molecule has 0 saturated carbocycles. The van der Waals surface area contributed by atoms with E-state index < -0.39 is 0 Å². The highest BCUT2D eigenvalue weighted by Gasteiger charge is 2.13. The largest absolute Gasteiger partial charge is 0.378 e. The molecule has 1 aromatic carbocycles. The van der Waals surface area contributed by atoms with Crippen LogP contribution in [-0.4, -0.2) is 56.2 Å². The van der Waals surface area contributed by atoms with E-state index in [1.165, 1.54) is 11.1 Å². The van der Waals surface area contributed by atoms with Crippen LogP contribution in [0.5, 0.6) is 0 Å². The highest BCUT2D eigenvalue weighted by atomic mass is 35.5. The van der Waals surface area contributed by atoms with Gasteiger partial charge in [-0.25, -0.2) is 4.98 Å². The number of morpholine rings is 1. The van der Waals surface area contributed by atoms with Crippen molar-refractivity contribution in [1.82, 2.24) is 15.2 Å². The molecule has 0 aliphatic carbocycles. The summed E-state index contributed by atoms with van der Waals surface area (Å²) in [6, 6.07) is 12.0. The average Bonchev–Trinajstić information content (AvgIpc) is 2.71. The van der Waals surface area contributed by atoms with Crippen molar-refractivity contribution < 1.29 is 4.74 Å². The topological polar surface area (TPSA) is 53.0 Å². The van der Waals surface area contributed by atoms with Crippen molar-refractivity contribution in [1.29, 1.82) is 0 Å². The number of rotatable bonds is 5. The zero-order valence-corrected chi connectivity index (χ0v) is 16.6. The Morgan fingerprint density at radius 2 is 1.96 bits per heavy atom. The first-order chi connectivity index (χ1) is 13.2. The van der Waals surface area contributed by atoms with Crippen molar-refractivity contribution in [3.05, 3.63) is 58.7 Å². The highest BCUT2D eigenvalue weighted by molar-refractivity contribution is 6.30. The molecule has 2 aromatic rings. The van der Waals surface area contributed by atoms with Gasteiger partial charge in [0.25, 0.3) is 0 Å². The van der Waals surface area contributed by atoms with Gasteiger partial charge in [-0.2, -0.15) is 0 Å². The Morgan fingerprint density at radius 1 is 1.22 bits per heavy atom. The summed E-state index contributed by atoms with van der Waals surface area (Å²) in [7, 11) is 3.82. The molecule has 1 aromatic heterocycles. The molecule has 0 spiro atoms. The molecule has 1 aliphatic rings. The minimum atomic E-state index is 0.692. The Morgan fingerprint density at radius 3 is 2.67 bits per heavy atom. The number of hydrogen-bond acceptors (Lipinski definition) is 4. The molecule has 27 heavy (non-hydrogen) atoms. The Kier molecular flexibility index (Phi) is 6.90. The van der Waals surface area contributed by atoms with E-state index in [1.807, 2.05) is 43.6 Å². The number of halogens is 1. The monoisotopic (exact) mass is 387 g/mol. The molecule has 1 saturated heterocycles. The third-order valence-corrected chi connectivity index (χ3v) is 4.75. The van der Waals surface area contributed by atoms with Crippen LogP contribution in [0.25, 0.3) is 0 Å². The third-order valence-electron chi connectivity index (χ3n) is 4.50. The Labute approximate surface area is 165 Å². The van der Waals surface area contributed by atoms with Crippen molar-refractivity contribution in [3.63, 3.8) is 0 Å². The third kappa shape index (κ3) is 5.58. The number of guanidine groups is 1. The number of hydrogen-bond donors (Lipinski definition) is 1. The fraction of sp³-hybridized carbons (Fsp3) is 0.400. The minimum Gasteiger partial charge on any atom is -0.378 e. The van der Waals surface area contributed by atoms with Gasteiger partial charge in [-0.3, -0.25) is 4.99 Å². The lowest BCUT2D eigenvalue weighted by Gasteiger charge is -2.28. The lowest BCUT2D eigenvalue weighted by Crippen LogP contribution is -2.38. The summed E-state index contributed by atoms with van der Waals surface area (Å²) >= 11 is 5.96. The average molecular weight is 388 g/mol. The van der Waals surface area contributed by atoms with Crippen molar-refractivity contribution in [2.24, 2.45) is 4.99 Å². The number of nitrogens with one attached hydrogen (secondary N) is 1. The van der Waals surface area contributed by atoms with Crippen LogP contribution in [0.2, 0.25) is 5.02 Å². The van der Waals surface area contributed by atoms with Crippen molar-refractivity contribution in [2.45, 2.75) is 13.1 Å². The minimum absolute atomic E-state index is 0.692. The predicted octanol–water partition coefficient (Wildman–Crippen LogP) is 2.78. The second kappa shape index (κ2) is 9.58. The van der Waals surface area contributed by atoms with E-state index in [4.69, 9.17) is 16.3 Å². The predicted molar refractivity (Wildman–Crippen MR) is 110 cm³/mol. The quantitative estimate of drug-likeness (QED) is 0.631. The molecule has 1 aliphatic heterocycles. The van der Waals surface area contributed by atoms with Gasteiger partial charge in [0, 0.05) is 51.5 Å². The van der Waals surface area contributed by atoms with Crippen LogP contribution >= 0.6 is 11.6 Å². The van der Waals surface area contributed by atoms with Gasteiger partial charge >= 0.3 is 0 Å². The summed E-state index contributed by atoms with van der Waals surface area (Å²) in [5.74, 6) is 1.84. The first-order valence-electron chi connectivity index (χ1n) is 9.09. The molecule has 0 unspecified atom stereocenters. The first-order valence-corrected chi connectivity index (χ1v) is 9.47. The lowest BCUT2D eigenvalue weighted by molar-refractivity contribution is 0.122. The summed E-state index contributed by atoms with van der Waals surface area (Å²) in [5.41, 5.74) is 2.36. The summed E-state index contributed by atoms with van der Waals surface area (Å²) in [4.78, 5) is 13.2. The number of benzene rings is 1. The molecule has 144 valence electrons. The summed E-state index contributed by atoms with van der Waals surface area (Å²) in [6.07, 6.45) is 1.86. The highest BCUT2D eigenvalue weighted by Crippen LogP contribution is 2.15. The normalized spacial score (nSPS) is 14.9. The van der Waals surface area contributed by atoms with Gasteiger partial charge in [0.05, 0.1) is 13.2 Å². The van der Waals surface area contributed by atoms with E-state index in [0.717, 1.165) is 49.6 Å². The van der Waals surface area contributed by atoms with Gasteiger partial charge < -0.3 is 19.9 Å². The van der Waals surface area contributed by atoms with Crippen LogP contribution in [-0.2, 0) is 17.8 Å². The number of aliphatic imine (C=N–C) groups is 1. The molecule has 1 fully saturated rings. The standard InChI is InChI=1S/C20H26ClN5O/c1-22-20(25(2)15-16-3-5-18(21)6-4-16)24-14-17-7-8-23-19(13-17)26-9-11-27-12-10-26/h3-8,13H,9-12,14-15H2,1-2H3,(H,22,24). The van der Waals surface area contributed by atoms with E-state index in [9.17, 15) is 0 Å². The van der Waals surface area contributed by atoms with Crippen molar-refractivity contribution >= 4 is 23.4 Å². The van der Waals surface area contributed by atoms with Gasteiger partial charge in [0.2, 0.25) is 0 Å². The maximum absolute atomic E-state index is 5.96.